The molecule has 0 unspecified atom stereocenters. The van der Waals surface area contributed by atoms with E-state index in [9.17, 15) is 4.79 Å². The van der Waals surface area contributed by atoms with Gasteiger partial charge in [-0.3, -0.25) is 11.2 Å². The Kier molecular flexibility index (Phi) is 10.6. The van der Waals surface area contributed by atoms with E-state index in [0.717, 1.165) is 0 Å². The van der Waals surface area contributed by atoms with Gasteiger partial charge in [0.2, 0.25) is 0 Å². The van der Waals surface area contributed by atoms with Crippen LogP contribution in [0.3, 0.4) is 0 Å². The maximum absolute atomic E-state index is 9.62. The fraction of sp³-hybridized carbons (Fsp3) is 0.500. The molecule has 0 saturated carbocycles. The molecule has 46 valence electrons. The molecule has 0 aromatic carbocycles. The van der Waals surface area contributed by atoms with Gasteiger partial charge in [0.05, 0.1) is 0 Å². The summed E-state index contributed by atoms with van der Waals surface area (Å²) in [5.74, 6) is -0.908. The first kappa shape index (κ1) is 11.3. The van der Waals surface area contributed by atoms with E-state index in [1.54, 1.807) is 0 Å². The molecule has 3 nitrogen and oxygen atoms in total. The minimum atomic E-state index is -0.908. The van der Waals surface area contributed by atoms with Crippen LogP contribution in [0.2, 0.25) is 0 Å². The van der Waals surface area contributed by atoms with Crippen LogP contribution >= 0.6 is 0 Å². The van der Waals surface area contributed by atoms with Gasteiger partial charge in [0.1, 0.15) is 0 Å². The summed E-state index contributed by atoms with van der Waals surface area (Å²) in [6.45, 7) is -0.160. The number of hydrogen-bond acceptors (Lipinski definition) is 2. The second kappa shape index (κ2) is 7.48. The van der Waals surface area contributed by atoms with E-state index >= 15 is 0 Å². The fourth-order valence-corrected chi connectivity index (χ4v) is 0.188. The zero-order valence-electron chi connectivity index (χ0n) is 4.29. The van der Waals surface area contributed by atoms with Gasteiger partial charge in [-0.1, -0.05) is 13.0 Å². The largest absolute Gasteiger partial charge is 0.483 e. The van der Waals surface area contributed by atoms with Gasteiger partial charge in [-0.2, -0.15) is 0 Å². The quantitative estimate of drug-likeness (QED) is 0.691. The summed E-state index contributed by atoms with van der Waals surface area (Å²) < 4.78 is 0. The van der Waals surface area contributed by atoms with Gasteiger partial charge in [-0.25, -0.2) is 0 Å². The normalized spacial score (nSPS) is 7.62. The molecule has 0 aliphatic carbocycles. The first-order chi connectivity index (χ1) is 3.27. The molecule has 2 N–H and O–H groups in total. The first-order valence-electron chi connectivity index (χ1n) is 1.91. The van der Waals surface area contributed by atoms with Crippen molar-refractivity contribution in [2.75, 3.05) is 6.61 Å². The Morgan fingerprint density at radius 1 is 1.62 bits per heavy atom. The van der Waals surface area contributed by atoms with Gasteiger partial charge in [-0.15, -0.1) is 0 Å². The summed E-state index contributed by atoms with van der Waals surface area (Å²) >= 11 is 0. The van der Waals surface area contributed by atoms with Crippen molar-refractivity contribution >= 4 is 5.97 Å². The Bertz CT molecular complexity index is 64.3. The van der Waals surface area contributed by atoms with E-state index in [-0.39, 0.29) is 44.1 Å². The molecule has 0 saturated heterocycles. The summed E-state index contributed by atoms with van der Waals surface area (Å²) in [5.41, 5.74) is 0. The first-order valence-corrected chi connectivity index (χ1v) is 1.91. The van der Waals surface area contributed by atoms with Crippen molar-refractivity contribution in [1.29, 1.82) is 0 Å². The smallest absolute Gasteiger partial charge is 0.273 e. The maximum Gasteiger partial charge on any atom is 0.273 e. The van der Waals surface area contributed by atoms with E-state index in [1.807, 2.05) is 0 Å². The number of rotatable bonds is 3. The van der Waals surface area contributed by atoms with Gasteiger partial charge < -0.3 is 10.2 Å². The number of aliphatic hydroxyl groups excluding tert-OH is 1. The Morgan fingerprint density at radius 3 is 2.25 bits per heavy atom. The molecule has 0 rings (SSSR count). The molecule has 4 heteroatoms. The van der Waals surface area contributed by atoms with Crippen molar-refractivity contribution in [3.05, 3.63) is 6.42 Å². The molecule has 0 aliphatic rings. The Morgan fingerprint density at radius 2 is 2.12 bits per heavy atom. The van der Waals surface area contributed by atoms with E-state index in [4.69, 9.17) is 10.2 Å². The van der Waals surface area contributed by atoms with Gasteiger partial charge in [-0.05, 0) is 0 Å². The van der Waals surface area contributed by atoms with Crippen LogP contribution < -0.4 is 0 Å². The predicted octanol–water partition coefficient (Wildman–Crippen LogP) is -0.342. The van der Waals surface area contributed by atoms with Gasteiger partial charge in [0.25, 0.3) is 5.97 Å². The fourth-order valence-electron chi connectivity index (χ4n) is 0.188. The van der Waals surface area contributed by atoms with Crippen LogP contribution in [0.15, 0.2) is 0 Å². The van der Waals surface area contributed by atoms with E-state index in [0.29, 0.717) is 0 Å². The monoisotopic (exact) mass is 341 g/mol. The Hall–Kier alpha value is 0.482. The van der Waals surface area contributed by atoms with Gasteiger partial charge >= 0.3 is 0 Å². The van der Waals surface area contributed by atoms with Crippen molar-refractivity contribution < 1.29 is 46.1 Å². The maximum atomic E-state index is 9.62. The molecule has 0 atom stereocenters. The van der Waals surface area contributed by atoms with Crippen molar-refractivity contribution in [3.63, 3.8) is 0 Å². The van der Waals surface area contributed by atoms with Crippen molar-refractivity contribution in [3.8, 4) is 0 Å². The van der Waals surface area contributed by atoms with E-state index in [2.05, 4.69) is 0 Å². The minimum Gasteiger partial charge on any atom is -0.483 e. The molecular weight excluding hydrogens is 334 g/mol. The molecule has 0 radical (unpaired) electrons. The Labute approximate surface area is 71.5 Å². The van der Waals surface area contributed by atoms with Crippen LogP contribution in [0.5, 0.6) is 0 Å². The molecule has 0 aromatic heterocycles. The van der Waals surface area contributed by atoms with Crippen molar-refractivity contribution in [2.45, 2.75) is 6.42 Å². The van der Waals surface area contributed by atoms with Gasteiger partial charge in [0, 0.05) is 31.1 Å². The molecule has 8 heavy (non-hydrogen) atoms. The number of aliphatic hydroxyl groups is 1. The SMILES string of the molecule is O=C(O)C[CH-]CO.[U]. The summed E-state index contributed by atoms with van der Waals surface area (Å²) in [6, 6.07) is 0. The summed E-state index contributed by atoms with van der Waals surface area (Å²) in [5, 5.41) is 15.9. The van der Waals surface area contributed by atoms with E-state index in [1.165, 1.54) is 6.42 Å². The number of carbonyl (C=O) groups is 1. The molecule has 0 spiro atoms. The van der Waals surface area contributed by atoms with Crippen LogP contribution in [0.4, 0.5) is 0 Å². The van der Waals surface area contributed by atoms with Crippen LogP contribution in [0.1, 0.15) is 6.42 Å². The summed E-state index contributed by atoms with van der Waals surface area (Å²) in [4.78, 5) is 9.62. The van der Waals surface area contributed by atoms with Crippen LogP contribution in [0.25, 0.3) is 0 Å². The van der Waals surface area contributed by atoms with Gasteiger partial charge in [0.15, 0.2) is 0 Å². The molecule has 0 bridgehead atoms. The third-order valence-corrected chi connectivity index (χ3v) is 0.448. The summed E-state index contributed by atoms with van der Waals surface area (Å²) in [7, 11) is 0. The second-order valence-electron chi connectivity index (χ2n) is 1.07. The van der Waals surface area contributed by atoms with Crippen LogP contribution in [0, 0.1) is 37.5 Å². The molecule has 0 fully saturated rings. The third-order valence-electron chi connectivity index (χ3n) is 0.448. The number of hydrogen-bond donors (Lipinski definition) is 2. The molecule has 0 aliphatic heterocycles. The zero-order valence-corrected chi connectivity index (χ0v) is 8.46. The van der Waals surface area contributed by atoms with Crippen molar-refractivity contribution in [1.82, 2.24) is 0 Å². The minimum absolute atomic E-state index is 0. The molecule has 0 aromatic rings. The number of carboxylic acid groups (broad SMARTS) is 1. The standard InChI is InChI=1S/C4H7O3.U/c5-3-1-2-4(6)7;/h1,5H,2-3H2,(H,6,7);/q-1;. The van der Waals surface area contributed by atoms with Crippen LogP contribution in [-0.2, 0) is 4.79 Å². The molecule has 0 heterocycles. The van der Waals surface area contributed by atoms with Crippen LogP contribution in [-0.4, -0.2) is 22.8 Å². The number of aliphatic carboxylic acids is 1. The topological polar surface area (TPSA) is 57.5 Å². The zero-order chi connectivity index (χ0) is 5.70. The number of carboxylic acids is 1. The summed E-state index contributed by atoms with van der Waals surface area (Å²) in [6.07, 6.45) is 1.22. The average molecular weight is 341 g/mol. The third kappa shape index (κ3) is 9.70. The average Bonchev–Trinajstić information content (AvgIpc) is 1.61. The second-order valence-corrected chi connectivity index (χ2v) is 1.07. The van der Waals surface area contributed by atoms with E-state index < -0.39 is 5.97 Å². The molecule has 0 amide bonds. The van der Waals surface area contributed by atoms with Crippen molar-refractivity contribution in [2.24, 2.45) is 0 Å². The Balaban J connectivity index is 0. The molecular formula is C4H7O3U-. The predicted molar refractivity (Wildman–Crippen MR) is 23.6 cm³/mol.